The molecule has 0 amide bonds. The summed E-state index contributed by atoms with van der Waals surface area (Å²) < 4.78 is 4.76. The van der Waals surface area contributed by atoms with E-state index in [1.165, 1.54) is 7.11 Å². The van der Waals surface area contributed by atoms with E-state index >= 15 is 0 Å². The Morgan fingerprint density at radius 1 is 1.33 bits per heavy atom. The van der Waals surface area contributed by atoms with Gasteiger partial charge in [0.15, 0.2) is 0 Å². The number of aliphatic hydroxyl groups excluding tert-OH is 1. The zero-order chi connectivity index (χ0) is 15.2. The lowest BCUT2D eigenvalue weighted by Crippen LogP contribution is -2.32. The average molecular weight is 293 g/mol. The third kappa shape index (κ3) is 3.86. The van der Waals surface area contributed by atoms with Gasteiger partial charge in [0.1, 0.15) is 0 Å². The van der Waals surface area contributed by atoms with Crippen LogP contribution < -0.4 is 10.6 Å². The topological polar surface area (TPSA) is 79.0 Å². The Morgan fingerprint density at radius 2 is 2.14 bits per heavy atom. The molecule has 1 aromatic rings. The molecule has 1 fully saturated rings. The minimum absolute atomic E-state index is 0.189. The Kier molecular flexibility index (Phi) is 5.41. The third-order valence-corrected chi connectivity index (χ3v) is 3.81. The maximum Gasteiger partial charge on any atom is 0.340 e. The van der Waals surface area contributed by atoms with E-state index in [0.29, 0.717) is 17.8 Å². The zero-order valence-corrected chi connectivity index (χ0v) is 12.4. The minimum Gasteiger partial charge on any atom is -0.465 e. The predicted octanol–water partition coefficient (Wildman–Crippen LogP) is 0.560. The number of β-amino-alcohol motifs (C(OH)–C–C–N with tert-alkyl or cyclic N) is 1. The van der Waals surface area contributed by atoms with Gasteiger partial charge in [0.25, 0.3) is 0 Å². The van der Waals surface area contributed by atoms with Crippen LogP contribution in [0.2, 0.25) is 0 Å². The molecule has 6 heteroatoms. The van der Waals surface area contributed by atoms with E-state index in [0.717, 1.165) is 38.3 Å². The van der Waals surface area contributed by atoms with E-state index in [9.17, 15) is 4.79 Å². The summed E-state index contributed by atoms with van der Waals surface area (Å²) in [7, 11) is 1.35. The number of anilines is 2. The summed E-state index contributed by atoms with van der Waals surface area (Å²) in [4.78, 5) is 16.2. The SMILES string of the molecule is COC(=O)c1cc(N2CCCN(CCO)CC2)ccc1N. The maximum absolute atomic E-state index is 11.7. The highest BCUT2D eigenvalue weighted by atomic mass is 16.5. The number of aliphatic hydroxyl groups is 1. The zero-order valence-electron chi connectivity index (χ0n) is 12.4. The van der Waals surface area contributed by atoms with E-state index in [-0.39, 0.29) is 6.61 Å². The molecule has 1 saturated heterocycles. The number of rotatable bonds is 4. The summed E-state index contributed by atoms with van der Waals surface area (Å²) in [5.41, 5.74) is 7.66. The summed E-state index contributed by atoms with van der Waals surface area (Å²) in [5, 5.41) is 9.03. The van der Waals surface area contributed by atoms with Crippen LogP contribution >= 0.6 is 0 Å². The van der Waals surface area contributed by atoms with E-state index in [4.69, 9.17) is 15.6 Å². The number of nitrogens with zero attached hydrogens (tertiary/aromatic N) is 2. The molecule has 0 bridgehead atoms. The molecular weight excluding hydrogens is 270 g/mol. The van der Waals surface area contributed by atoms with Crippen molar-refractivity contribution in [2.75, 3.05) is 57.1 Å². The number of ether oxygens (including phenoxy) is 1. The monoisotopic (exact) mass is 293 g/mol. The number of nitrogen functional groups attached to an aromatic ring is 1. The molecular formula is C15H23N3O3. The molecule has 6 nitrogen and oxygen atoms in total. The summed E-state index contributed by atoms with van der Waals surface area (Å²) in [6.07, 6.45) is 1.03. The maximum atomic E-state index is 11.7. The lowest BCUT2D eigenvalue weighted by Gasteiger charge is -2.24. The Balaban J connectivity index is 2.12. The van der Waals surface area contributed by atoms with Crippen molar-refractivity contribution in [2.45, 2.75) is 6.42 Å². The Labute approximate surface area is 125 Å². The predicted molar refractivity (Wildman–Crippen MR) is 82.5 cm³/mol. The van der Waals surface area contributed by atoms with Crippen molar-refractivity contribution in [1.29, 1.82) is 0 Å². The second-order valence-corrected chi connectivity index (χ2v) is 5.17. The highest BCUT2D eigenvalue weighted by Gasteiger charge is 2.17. The summed E-state index contributed by atoms with van der Waals surface area (Å²) in [6, 6.07) is 5.48. The number of hydrogen-bond donors (Lipinski definition) is 2. The van der Waals surface area contributed by atoms with E-state index < -0.39 is 5.97 Å². The molecule has 0 aliphatic carbocycles. The van der Waals surface area contributed by atoms with Crippen molar-refractivity contribution >= 4 is 17.3 Å². The molecule has 0 saturated carbocycles. The summed E-state index contributed by atoms with van der Waals surface area (Å²) in [5.74, 6) is -0.411. The van der Waals surface area contributed by atoms with E-state index in [2.05, 4.69) is 9.80 Å². The van der Waals surface area contributed by atoms with Gasteiger partial charge in [0.05, 0.1) is 19.3 Å². The van der Waals surface area contributed by atoms with E-state index in [1.54, 1.807) is 12.1 Å². The van der Waals surface area contributed by atoms with Gasteiger partial charge in [-0.2, -0.15) is 0 Å². The van der Waals surface area contributed by atoms with Crippen LogP contribution in [0.1, 0.15) is 16.8 Å². The number of carbonyl (C=O) groups excluding carboxylic acids is 1. The largest absolute Gasteiger partial charge is 0.465 e. The molecule has 1 aromatic carbocycles. The first-order chi connectivity index (χ1) is 10.2. The van der Waals surface area contributed by atoms with Gasteiger partial charge < -0.3 is 20.5 Å². The Bertz CT molecular complexity index is 493. The molecule has 21 heavy (non-hydrogen) atoms. The Morgan fingerprint density at radius 3 is 2.86 bits per heavy atom. The Hall–Kier alpha value is -1.79. The van der Waals surface area contributed by atoms with Gasteiger partial charge in [0.2, 0.25) is 0 Å². The van der Waals surface area contributed by atoms with Crippen molar-refractivity contribution in [3.63, 3.8) is 0 Å². The molecule has 0 radical (unpaired) electrons. The highest BCUT2D eigenvalue weighted by molar-refractivity contribution is 5.96. The van der Waals surface area contributed by atoms with Gasteiger partial charge in [0, 0.05) is 37.6 Å². The lowest BCUT2D eigenvalue weighted by molar-refractivity contribution is 0.0602. The van der Waals surface area contributed by atoms with Crippen molar-refractivity contribution in [3.8, 4) is 0 Å². The standard InChI is InChI=1S/C15H23N3O3/c1-21-15(20)13-11-12(3-4-14(13)16)18-6-2-5-17(7-8-18)9-10-19/h3-4,11,19H,2,5-10,16H2,1H3. The smallest absolute Gasteiger partial charge is 0.340 e. The molecule has 0 unspecified atom stereocenters. The normalized spacial score (nSPS) is 16.6. The summed E-state index contributed by atoms with van der Waals surface area (Å²) in [6.45, 7) is 4.57. The van der Waals surface area contributed by atoms with Gasteiger partial charge in [-0.25, -0.2) is 4.79 Å². The molecule has 3 N–H and O–H groups in total. The molecule has 0 spiro atoms. The molecule has 0 aromatic heterocycles. The number of carbonyl (C=O) groups is 1. The van der Waals surface area contributed by atoms with Gasteiger partial charge >= 0.3 is 5.97 Å². The van der Waals surface area contributed by atoms with Crippen molar-refractivity contribution in [1.82, 2.24) is 4.90 Å². The number of nitrogens with two attached hydrogens (primary N) is 1. The van der Waals surface area contributed by atoms with Gasteiger partial charge in [-0.15, -0.1) is 0 Å². The lowest BCUT2D eigenvalue weighted by atomic mass is 10.1. The molecule has 2 rings (SSSR count). The van der Waals surface area contributed by atoms with Gasteiger partial charge in [-0.05, 0) is 31.2 Å². The number of esters is 1. The molecule has 116 valence electrons. The van der Waals surface area contributed by atoms with E-state index in [1.807, 2.05) is 6.07 Å². The van der Waals surface area contributed by atoms with Crippen LogP contribution in [-0.4, -0.2) is 62.4 Å². The van der Waals surface area contributed by atoms with Crippen LogP contribution in [0.3, 0.4) is 0 Å². The van der Waals surface area contributed by atoms with Crippen LogP contribution in [0, 0.1) is 0 Å². The minimum atomic E-state index is -0.411. The second-order valence-electron chi connectivity index (χ2n) is 5.17. The fourth-order valence-electron chi connectivity index (χ4n) is 2.62. The van der Waals surface area contributed by atoms with Crippen molar-refractivity contribution < 1.29 is 14.6 Å². The van der Waals surface area contributed by atoms with Crippen LogP contribution in [0.4, 0.5) is 11.4 Å². The molecule has 1 aliphatic heterocycles. The molecule has 0 atom stereocenters. The van der Waals surface area contributed by atoms with Crippen molar-refractivity contribution in [3.05, 3.63) is 23.8 Å². The quantitative estimate of drug-likeness (QED) is 0.624. The van der Waals surface area contributed by atoms with Crippen LogP contribution in [0.15, 0.2) is 18.2 Å². The van der Waals surface area contributed by atoms with Crippen LogP contribution in [-0.2, 0) is 4.74 Å². The fraction of sp³-hybridized carbons (Fsp3) is 0.533. The van der Waals surface area contributed by atoms with Crippen molar-refractivity contribution in [2.24, 2.45) is 0 Å². The summed E-state index contributed by atoms with van der Waals surface area (Å²) >= 11 is 0. The number of benzene rings is 1. The first kappa shape index (κ1) is 15.6. The number of hydrogen-bond acceptors (Lipinski definition) is 6. The van der Waals surface area contributed by atoms with Crippen LogP contribution in [0.5, 0.6) is 0 Å². The number of methoxy groups -OCH3 is 1. The van der Waals surface area contributed by atoms with Gasteiger partial charge in [-0.3, -0.25) is 4.90 Å². The fourth-order valence-corrected chi connectivity index (χ4v) is 2.62. The average Bonchev–Trinajstić information content (AvgIpc) is 2.73. The third-order valence-electron chi connectivity index (χ3n) is 3.81. The first-order valence-corrected chi connectivity index (χ1v) is 7.21. The van der Waals surface area contributed by atoms with Crippen LogP contribution in [0.25, 0.3) is 0 Å². The van der Waals surface area contributed by atoms with Gasteiger partial charge in [-0.1, -0.05) is 0 Å². The second kappa shape index (κ2) is 7.28. The molecule has 1 aliphatic rings. The highest BCUT2D eigenvalue weighted by Crippen LogP contribution is 2.23. The first-order valence-electron chi connectivity index (χ1n) is 7.21. The molecule has 1 heterocycles.